The van der Waals surface area contributed by atoms with Crippen LogP contribution in [0.25, 0.3) is 54.1 Å². The van der Waals surface area contributed by atoms with Crippen LogP contribution in [-0.2, 0) is 14.1 Å². The summed E-state index contributed by atoms with van der Waals surface area (Å²) in [7, 11) is 3.85. The molecule has 2 aromatic heterocycles. The lowest BCUT2D eigenvalue weighted by atomic mass is 9.96. The highest BCUT2D eigenvalue weighted by Gasteiger charge is 2.11. The van der Waals surface area contributed by atoms with E-state index < -0.39 is 0 Å². The highest BCUT2D eigenvalue weighted by Crippen LogP contribution is 2.35. The molecule has 6 rings (SSSR count). The molecule has 2 heterocycles. The van der Waals surface area contributed by atoms with Gasteiger partial charge in [-0.3, -0.25) is 0 Å². The topological polar surface area (TPSA) is 9.86 Å². The Morgan fingerprint density at radius 2 is 1.22 bits per heavy atom. The predicted octanol–water partition coefficient (Wildman–Crippen LogP) is 6.27. The van der Waals surface area contributed by atoms with Gasteiger partial charge < -0.3 is 9.13 Å². The number of nitrogens with zero attached hydrogens (tertiary/aromatic N) is 2. The van der Waals surface area contributed by atoms with Crippen molar-refractivity contribution in [3.05, 3.63) is 72.8 Å². The average molecular weight is 352 g/mol. The molecule has 0 amide bonds. The molecular formula is C24H17FN2. The summed E-state index contributed by atoms with van der Waals surface area (Å²) in [5.74, 6) is -0.207. The van der Waals surface area contributed by atoms with Crippen molar-refractivity contribution in [3.63, 3.8) is 0 Å². The number of hydrogen-bond acceptors (Lipinski definition) is 0. The zero-order chi connectivity index (χ0) is 18.3. The van der Waals surface area contributed by atoms with Crippen LogP contribution in [0.1, 0.15) is 0 Å². The summed E-state index contributed by atoms with van der Waals surface area (Å²) < 4.78 is 17.8. The van der Waals surface area contributed by atoms with E-state index >= 15 is 0 Å². The van der Waals surface area contributed by atoms with Crippen molar-refractivity contribution >= 4 is 54.1 Å². The number of halogens is 1. The molecule has 0 N–H and O–H groups in total. The van der Waals surface area contributed by atoms with Crippen molar-refractivity contribution in [2.24, 2.45) is 14.1 Å². The molecule has 27 heavy (non-hydrogen) atoms. The van der Waals surface area contributed by atoms with Gasteiger partial charge in [0.1, 0.15) is 0 Å². The Kier molecular flexibility index (Phi) is 2.68. The molecule has 0 aliphatic carbocycles. The third kappa shape index (κ3) is 1.89. The van der Waals surface area contributed by atoms with Gasteiger partial charge in [0.05, 0.1) is 5.52 Å². The summed E-state index contributed by atoms with van der Waals surface area (Å²) >= 11 is 0. The van der Waals surface area contributed by atoms with Crippen molar-refractivity contribution in [2.75, 3.05) is 0 Å². The van der Waals surface area contributed by atoms with E-state index in [4.69, 9.17) is 0 Å². The highest BCUT2D eigenvalue weighted by atomic mass is 19.1. The molecule has 2 nitrogen and oxygen atoms in total. The fourth-order valence-corrected chi connectivity index (χ4v) is 4.44. The monoisotopic (exact) mass is 352 g/mol. The summed E-state index contributed by atoms with van der Waals surface area (Å²) in [5.41, 5.74) is 2.15. The normalized spacial score (nSPS) is 12.3. The largest absolute Gasteiger partial charge is 0.351 e. The summed E-state index contributed by atoms with van der Waals surface area (Å²) in [6.45, 7) is 0. The Morgan fingerprint density at radius 3 is 1.93 bits per heavy atom. The first-order valence-corrected chi connectivity index (χ1v) is 9.09. The minimum absolute atomic E-state index is 0.207. The molecule has 0 saturated carbocycles. The Hall–Kier alpha value is -3.33. The standard InChI is InChI=1S/C24H17FN2/c1-26-8-7-16-9-14-3-5-19-18(20(14)12-22(16)26)6-4-15-10-17-11-24(25)27(2)23(17)13-21(15)19/h3-13H,1-2H3. The van der Waals surface area contributed by atoms with Crippen LogP contribution in [0.15, 0.2) is 66.9 Å². The number of aromatic nitrogens is 2. The summed E-state index contributed by atoms with van der Waals surface area (Å²) in [6, 6.07) is 21.2. The maximum absolute atomic E-state index is 14.0. The van der Waals surface area contributed by atoms with E-state index in [-0.39, 0.29) is 5.95 Å². The zero-order valence-corrected chi connectivity index (χ0v) is 15.1. The first-order chi connectivity index (χ1) is 13.1. The predicted molar refractivity (Wildman–Crippen MR) is 112 cm³/mol. The second kappa shape index (κ2) is 4.89. The van der Waals surface area contributed by atoms with Gasteiger partial charge in [0.25, 0.3) is 0 Å². The van der Waals surface area contributed by atoms with Gasteiger partial charge in [0.2, 0.25) is 0 Å². The maximum atomic E-state index is 14.0. The molecule has 0 unspecified atom stereocenters. The van der Waals surface area contributed by atoms with Crippen molar-refractivity contribution in [1.29, 1.82) is 0 Å². The second-order valence-electron chi connectivity index (χ2n) is 7.44. The number of rotatable bonds is 0. The van der Waals surface area contributed by atoms with E-state index in [2.05, 4.69) is 72.4 Å². The molecule has 6 aromatic rings. The third-order valence-corrected chi connectivity index (χ3v) is 5.94. The molecule has 0 bridgehead atoms. The number of benzene rings is 4. The third-order valence-electron chi connectivity index (χ3n) is 5.94. The van der Waals surface area contributed by atoms with E-state index in [0.717, 1.165) is 21.7 Å². The van der Waals surface area contributed by atoms with Crippen molar-refractivity contribution in [3.8, 4) is 0 Å². The van der Waals surface area contributed by atoms with Gasteiger partial charge in [0.15, 0.2) is 5.95 Å². The summed E-state index contributed by atoms with van der Waals surface area (Å²) in [4.78, 5) is 0. The first kappa shape index (κ1) is 14.8. The zero-order valence-electron chi connectivity index (χ0n) is 15.1. The Labute approximate surface area is 155 Å². The molecule has 130 valence electrons. The molecule has 3 heteroatoms. The van der Waals surface area contributed by atoms with Crippen molar-refractivity contribution < 1.29 is 4.39 Å². The number of aryl methyl sites for hydroxylation is 2. The lowest BCUT2D eigenvalue weighted by Gasteiger charge is -2.09. The van der Waals surface area contributed by atoms with Crippen LogP contribution >= 0.6 is 0 Å². The van der Waals surface area contributed by atoms with Crippen LogP contribution in [0.5, 0.6) is 0 Å². The van der Waals surface area contributed by atoms with Crippen LogP contribution < -0.4 is 0 Å². The molecule has 4 aromatic carbocycles. The first-order valence-electron chi connectivity index (χ1n) is 9.09. The summed E-state index contributed by atoms with van der Waals surface area (Å²) in [6.07, 6.45) is 2.10. The average Bonchev–Trinajstić information content (AvgIpc) is 3.17. The van der Waals surface area contributed by atoms with Crippen LogP contribution in [0, 0.1) is 5.95 Å². The van der Waals surface area contributed by atoms with Gasteiger partial charge in [-0.05, 0) is 62.6 Å². The van der Waals surface area contributed by atoms with Crippen molar-refractivity contribution in [2.45, 2.75) is 0 Å². The molecular weight excluding hydrogens is 335 g/mol. The van der Waals surface area contributed by atoms with E-state index in [1.807, 2.05) is 0 Å². The summed E-state index contributed by atoms with van der Waals surface area (Å²) in [5, 5.41) is 9.43. The SMILES string of the molecule is Cn1ccc2cc3ccc4c5cc6c(cc(F)n6C)cc5ccc4c3cc21. The van der Waals surface area contributed by atoms with Gasteiger partial charge >= 0.3 is 0 Å². The van der Waals surface area contributed by atoms with Gasteiger partial charge in [-0.25, -0.2) is 0 Å². The fraction of sp³-hybridized carbons (Fsp3) is 0.0833. The molecule has 0 spiro atoms. The Balaban J connectivity index is 1.80. The van der Waals surface area contributed by atoms with Crippen LogP contribution in [0.4, 0.5) is 4.39 Å². The minimum Gasteiger partial charge on any atom is -0.351 e. The van der Waals surface area contributed by atoms with E-state index in [0.29, 0.717) is 0 Å². The van der Waals surface area contributed by atoms with Crippen LogP contribution in [0.3, 0.4) is 0 Å². The van der Waals surface area contributed by atoms with Gasteiger partial charge in [-0.1, -0.05) is 24.3 Å². The quantitative estimate of drug-likeness (QED) is 0.285. The smallest absolute Gasteiger partial charge is 0.194 e. The fourth-order valence-electron chi connectivity index (χ4n) is 4.44. The molecule has 0 saturated heterocycles. The van der Waals surface area contributed by atoms with Gasteiger partial charge in [-0.15, -0.1) is 0 Å². The Morgan fingerprint density at radius 1 is 0.593 bits per heavy atom. The lowest BCUT2D eigenvalue weighted by Crippen LogP contribution is -1.90. The number of hydrogen-bond donors (Lipinski definition) is 0. The molecule has 0 radical (unpaired) electrons. The van der Waals surface area contributed by atoms with Gasteiger partial charge in [0, 0.05) is 42.6 Å². The molecule has 0 atom stereocenters. The second-order valence-corrected chi connectivity index (χ2v) is 7.44. The molecule has 0 fully saturated rings. The van der Waals surface area contributed by atoms with E-state index in [1.54, 1.807) is 17.7 Å². The van der Waals surface area contributed by atoms with Crippen molar-refractivity contribution in [1.82, 2.24) is 9.13 Å². The minimum atomic E-state index is -0.207. The number of fused-ring (bicyclic) bond motifs is 7. The Bertz CT molecular complexity index is 1550. The molecule has 0 aliphatic rings. The molecule has 0 aliphatic heterocycles. The van der Waals surface area contributed by atoms with E-state index in [1.165, 1.54) is 32.4 Å². The lowest BCUT2D eigenvalue weighted by molar-refractivity contribution is 0.542. The van der Waals surface area contributed by atoms with Crippen LogP contribution in [-0.4, -0.2) is 9.13 Å². The maximum Gasteiger partial charge on any atom is 0.194 e. The van der Waals surface area contributed by atoms with E-state index in [9.17, 15) is 4.39 Å². The highest BCUT2D eigenvalue weighted by molar-refractivity contribution is 6.20. The van der Waals surface area contributed by atoms with Gasteiger partial charge in [-0.2, -0.15) is 4.39 Å². The van der Waals surface area contributed by atoms with Crippen LogP contribution in [0.2, 0.25) is 0 Å².